The lowest BCUT2D eigenvalue weighted by Crippen LogP contribution is -2.28. The van der Waals surface area contributed by atoms with E-state index in [-0.39, 0.29) is 6.04 Å². The van der Waals surface area contributed by atoms with E-state index in [0.29, 0.717) is 0 Å². The highest BCUT2D eigenvalue weighted by atomic mass is 15.2. The van der Waals surface area contributed by atoms with Gasteiger partial charge in [-0.1, -0.05) is 43.9 Å². The molecule has 0 amide bonds. The molecule has 1 heterocycles. The second kappa shape index (κ2) is 6.33. The number of hydrogen-bond donors (Lipinski definition) is 2. The van der Waals surface area contributed by atoms with Crippen LogP contribution in [0.25, 0.3) is 10.9 Å². The van der Waals surface area contributed by atoms with Gasteiger partial charge < -0.3 is 0 Å². The van der Waals surface area contributed by atoms with Gasteiger partial charge in [0.2, 0.25) is 0 Å². The lowest BCUT2D eigenvalue weighted by atomic mass is 9.93. The van der Waals surface area contributed by atoms with Gasteiger partial charge in [-0.2, -0.15) is 0 Å². The number of fused-ring (bicyclic) bond motifs is 1. The minimum Gasteiger partial charge on any atom is -0.271 e. The Bertz CT molecular complexity index is 556. The Morgan fingerprint density at radius 3 is 2.85 bits per heavy atom. The molecule has 20 heavy (non-hydrogen) atoms. The Labute approximate surface area is 120 Å². The summed E-state index contributed by atoms with van der Waals surface area (Å²) in [5, 5.41) is 1.21. The fourth-order valence-corrected chi connectivity index (χ4v) is 3.46. The fourth-order valence-electron chi connectivity index (χ4n) is 3.46. The van der Waals surface area contributed by atoms with E-state index in [2.05, 4.69) is 34.7 Å². The highest BCUT2D eigenvalue weighted by Crippen LogP contribution is 2.32. The Hall–Kier alpha value is -1.45. The molecule has 3 N–H and O–H groups in total. The summed E-state index contributed by atoms with van der Waals surface area (Å²) in [4.78, 5) is 4.43. The quantitative estimate of drug-likeness (QED) is 0.642. The Morgan fingerprint density at radius 2 is 2.05 bits per heavy atom. The maximum absolute atomic E-state index is 5.81. The first-order chi connectivity index (χ1) is 9.88. The monoisotopic (exact) mass is 269 g/mol. The average Bonchev–Trinajstić information content (AvgIpc) is 3.01. The number of hydrazine groups is 1. The zero-order chi connectivity index (χ0) is 13.8. The normalized spacial score (nSPS) is 17.6. The molecule has 1 aliphatic carbocycles. The topological polar surface area (TPSA) is 50.9 Å². The lowest BCUT2D eigenvalue weighted by Gasteiger charge is -2.20. The Balaban J connectivity index is 1.79. The number of nitrogens with zero attached hydrogens (tertiary/aromatic N) is 1. The molecule has 0 saturated heterocycles. The van der Waals surface area contributed by atoms with Crippen LogP contribution in [-0.4, -0.2) is 4.98 Å². The number of benzene rings is 1. The molecular formula is C17H23N3. The van der Waals surface area contributed by atoms with E-state index in [1.54, 1.807) is 0 Å². The summed E-state index contributed by atoms with van der Waals surface area (Å²) < 4.78 is 0. The highest BCUT2D eigenvalue weighted by Gasteiger charge is 2.18. The summed E-state index contributed by atoms with van der Waals surface area (Å²) in [5.74, 6) is 6.71. The zero-order valence-electron chi connectivity index (χ0n) is 11.9. The third kappa shape index (κ3) is 2.84. The second-order valence-electron chi connectivity index (χ2n) is 5.86. The molecule has 3 heteroatoms. The largest absolute Gasteiger partial charge is 0.271 e. The molecular weight excluding hydrogens is 246 g/mol. The number of nitrogens with two attached hydrogens (primary N) is 1. The van der Waals surface area contributed by atoms with Crippen LogP contribution in [0.15, 0.2) is 36.5 Å². The first kappa shape index (κ1) is 13.5. The number of aromatic nitrogens is 1. The van der Waals surface area contributed by atoms with Gasteiger partial charge in [0.1, 0.15) is 0 Å². The van der Waals surface area contributed by atoms with Gasteiger partial charge in [-0.3, -0.25) is 16.3 Å². The predicted octanol–water partition coefficient (Wildman–Crippen LogP) is 3.71. The molecule has 106 valence electrons. The van der Waals surface area contributed by atoms with Gasteiger partial charge in [-0.05, 0) is 36.5 Å². The molecule has 1 aromatic carbocycles. The van der Waals surface area contributed by atoms with Gasteiger partial charge in [-0.25, -0.2) is 0 Å². The molecule has 1 unspecified atom stereocenters. The van der Waals surface area contributed by atoms with Crippen LogP contribution in [0.3, 0.4) is 0 Å². The Morgan fingerprint density at radius 1 is 1.20 bits per heavy atom. The molecule has 0 aliphatic heterocycles. The molecule has 1 aliphatic rings. The van der Waals surface area contributed by atoms with Crippen LogP contribution in [0, 0.1) is 5.92 Å². The molecule has 1 aromatic heterocycles. The van der Waals surface area contributed by atoms with E-state index in [0.717, 1.165) is 17.9 Å². The van der Waals surface area contributed by atoms with E-state index in [1.165, 1.54) is 43.1 Å². The number of pyridine rings is 1. The molecule has 2 aromatic rings. The number of rotatable bonds is 5. The maximum atomic E-state index is 5.81. The van der Waals surface area contributed by atoms with Gasteiger partial charge in [0.05, 0.1) is 5.52 Å². The third-order valence-electron chi connectivity index (χ3n) is 4.59. The van der Waals surface area contributed by atoms with Crippen molar-refractivity contribution < 1.29 is 0 Å². The zero-order valence-corrected chi connectivity index (χ0v) is 11.9. The molecule has 1 fully saturated rings. The van der Waals surface area contributed by atoms with Crippen LogP contribution in [0.2, 0.25) is 0 Å². The van der Waals surface area contributed by atoms with Crippen LogP contribution >= 0.6 is 0 Å². The van der Waals surface area contributed by atoms with Crippen molar-refractivity contribution >= 4 is 10.9 Å². The first-order valence-electron chi connectivity index (χ1n) is 7.68. The van der Waals surface area contributed by atoms with Crippen LogP contribution in [0.5, 0.6) is 0 Å². The standard InChI is InChI=1S/C17H23N3/c18-20-17(11-10-13-5-1-2-6-13)15-7-3-9-16-14(15)8-4-12-19-16/h3-4,7-9,12-13,17,20H,1-2,5-6,10-11,18H2. The fraction of sp³-hybridized carbons (Fsp3) is 0.471. The van der Waals surface area contributed by atoms with Gasteiger partial charge in [0.15, 0.2) is 0 Å². The molecule has 0 bridgehead atoms. The van der Waals surface area contributed by atoms with Gasteiger partial charge >= 0.3 is 0 Å². The van der Waals surface area contributed by atoms with Crippen molar-refractivity contribution in [3.8, 4) is 0 Å². The van der Waals surface area contributed by atoms with Crippen molar-refractivity contribution in [2.45, 2.75) is 44.6 Å². The minimum absolute atomic E-state index is 0.225. The van der Waals surface area contributed by atoms with Crippen molar-refractivity contribution in [1.29, 1.82) is 0 Å². The van der Waals surface area contributed by atoms with Crippen molar-refractivity contribution in [1.82, 2.24) is 10.4 Å². The van der Waals surface area contributed by atoms with E-state index < -0.39 is 0 Å². The maximum Gasteiger partial charge on any atom is 0.0705 e. The Kier molecular flexibility index (Phi) is 4.28. The summed E-state index contributed by atoms with van der Waals surface area (Å²) in [5.41, 5.74) is 5.33. The molecule has 3 rings (SSSR count). The SMILES string of the molecule is NNC(CCC1CCCC1)c1cccc2ncccc12. The predicted molar refractivity (Wildman–Crippen MR) is 83.0 cm³/mol. The molecule has 1 atom stereocenters. The van der Waals surface area contributed by atoms with Gasteiger partial charge in [-0.15, -0.1) is 0 Å². The van der Waals surface area contributed by atoms with Gasteiger partial charge in [0.25, 0.3) is 0 Å². The van der Waals surface area contributed by atoms with E-state index in [1.807, 2.05) is 12.3 Å². The molecule has 0 spiro atoms. The van der Waals surface area contributed by atoms with Crippen molar-refractivity contribution in [2.75, 3.05) is 0 Å². The van der Waals surface area contributed by atoms with Crippen molar-refractivity contribution in [3.05, 3.63) is 42.1 Å². The highest BCUT2D eigenvalue weighted by molar-refractivity contribution is 5.82. The van der Waals surface area contributed by atoms with Crippen LogP contribution < -0.4 is 11.3 Å². The lowest BCUT2D eigenvalue weighted by molar-refractivity contribution is 0.418. The number of hydrogen-bond acceptors (Lipinski definition) is 3. The summed E-state index contributed by atoms with van der Waals surface area (Å²) in [6, 6.07) is 10.7. The molecule has 3 nitrogen and oxygen atoms in total. The molecule has 1 saturated carbocycles. The van der Waals surface area contributed by atoms with Crippen LogP contribution in [-0.2, 0) is 0 Å². The number of nitrogens with one attached hydrogen (secondary N) is 1. The van der Waals surface area contributed by atoms with Crippen molar-refractivity contribution in [3.63, 3.8) is 0 Å². The van der Waals surface area contributed by atoms with Crippen LogP contribution in [0.1, 0.15) is 50.1 Å². The second-order valence-corrected chi connectivity index (χ2v) is 5.86. The summed E-state index contributed by atoms with van der Waals surface area (Å²) in [7, 11) is 0. The summed E-state index contributed by atoms with van der Waals surface area (Å²) in [6.07, 6.45) is 9.83. The summed E-state index contributed by atoms with van der Waals surface area (Å²) in [6.45, 7) is 0. The van der Waals surface area contributed by atoms with E-state index in [9.17, 15) is 0 Å². The third-order valence-corrected chi connectivity index (χ3v) is 4.59. The van der Waals surface area contributed by atoms with Gasteiger partial charge in [0, 0.05) is 17.6 Å². The average molecular weight is 269 g/mol. The molecule has 0 radical (unpaired) electrons. The smallest absolute Gasteiger partial charge is 0.0705 e. The van der Waals surface area contributed by atoms with Crippen LogP contribution in [0.4, 0.5) is 0 Å². The first-order valence-corrected chi connectivity index (χ1v) is 7.68. The minimum atomic E-state index is 0.225. The van der Waals surface area contributed by atoms with Crippen molar-refractivity contribution in [2.24, 2.45) is 11.8 Å². The summed E-state index contributed by atoms with van der Waals surface area (Å²) >= 11 is 0. The van der Waals surface area contributed by atoms with E-state index >= 15 is 0 Å². The van der Waals surface area contributed by atoms with E-state index in [4.69, 9.17) is 5.84 Å².